The fourth-order valence-electron chi connectivity index (χ4n) is 2.45. The Morgan fingerprint density at radius 3 is 2.14 bits per heavy atom. The Bertz CT molecular complexity index is 957. The predicted octanol–water partition coefficient (Wildman–Crippen LogP) is 1.09. The zero-order valence-electron chi connectivity index (χ0n) is 15.2. The van der Waals surface area contributed by atoms with Crippen molar-refractivity contribution in [2.75, 3.05) is 11.1 Å². The summed E-state index contributed by atoms with van der Waals surface area (Å²) >= 11 is 0. The van der Waals surface area contributed by atoms with Gasteiger partial charge in [-0.1, -0.05) is 18.2 Å². The number of anilines is 1. The van der Waals surface area contributed by atoms with Crippen LogP contribution in [0.5, 0.6) is 0 Å². The molecule has 0 bridgehead atoms. The Kier molecular flexibility index (Phi) is 6.89. The number of sulfone groups is 1. The number of carbonyl (C=O) groups excluding carboxylic acids is 3. The standard InChI is InChI=1S/C19H21N3O5S/c1-13(23)21-15-9-7-14(8-10-15)19(25)22-17(18(20)24)11-12-28(26,27)16-5-3-2-4-6-16/h2-10,17H,11-12H2,1H3,(H2,20,24)(H,21,23)(H,22,25)/t17-/m0/s1. The molecule has 9 heteroatoms. The number of hydrogen-bond donors (Lipinski definition) is 3. The SMILES string of the molecule is CC(=O)Nc1ccc(C(=O)N[C@@H](CCS(=O)(=O)c2ccccc2)C(N)=O)cc1. The summed E-state index contributed by atoms with van der Waals surface area (Å²) in [5.41, 5.74) is 6.07. The molecule has 0 fully saturated rings. The van der Waals surface area contributed by atoms with Gasteiger partial charge in [-0.15, -0.1) is 0 Å². The molecule has 0 radical (unpaired) electrons. The minimum absolute atomic E-state index is 0.137. The number of nitrogens with one attached hydrogen (secondary N) is 2. The van der Waals surface area contributed by atoms with Crippen LogP contribution in [0.2, 0.25) is 0 Å². The third kappa shape index (κ3) is 5.92. The summed E-state index contributed by atoms with van der Waals surface area (Å²) in [6, 6.07) is 12.7. The lowest BCUT2D eigenvalue weighted by atomic mass is 10.1. The second-order valence-electron chi connectivity index (χ2n) is 6.11. The van der Waals surface area contributed by atoms with Crippen LogP contribution in [-0.4, -0.2) is 37.9 Å². The molecule has 2 rings (SSSR count). The Balaban J connectivity index is 2.03. The maximum absolute atomic E-state index is 12.3. The summed E-state index contributed by atoms with van der Waals surface area (Å²) in [6.07, 6.45) is -0.151. The van der Waals surface area contributed by atoms with Crippen molar-refractivity contribution >= 4 is 33.2 Å². The highest BCUT2D eigenvalue weighted by atomic mass is 32.2. The van der Waals surface area contributed by atoms with Crippen LogP contribution in [-0.2, 0) is 19.4 Å². The first kappa shape index (κ1) is 21.1. The van der Waals surface area contributed by atoms with Crippen molar-refractivity contribution in [2.45, 2.75) is 24.3 Å². The lowest BCUT2D eigenvalue weighted by molar-refractivity contribution is -0.120. The van der Waals surface area contributed by atoms with Crippen molar-refractivity contribution in [1.82, 2.24) is 5.32 Å². The average molecular weight is 403 g/mol. The Labute approximate surface area is 163 Å². The smallest absolute Gasteiger partial charge is 0.251 e. The van der Waals surface area contributed by atoms with Crippen molar-refractivity contribution in [1.29, 1.82) is 0 Å². The molecule has 0 saturated heterocycles. The highest BCUT2D eigenvalue weighted by molar-refractivity contribution is 7.91. The largest absolute Gasteiger partial charge is 0.368 e. The van der Waals surface area contributed by atoms with Gasteiger partial charge in [-0.3, -0.25) is 14.4 Å². The van der Waals surface area contributed by atoms with Gasteiger partial charge in [-0.25, -0.2) is 8.42 Å². The molecule has 0 heterocycles. The molecule has 0 saturated carbocycles. The molecule has 4 N–H and O–H groups in total. The molecule has 0 aliphatic heterocycles. The van der Waals surface area contributed by atoms with Crippen molar-refractivity contribution in [3.8, 4) is 0 Å². The highest BCUT2D eigenvalue weighted by Crippen LogP contribution is 2.13. The molecule has 3 amide bonds. The van der Waals surface area contributed by atoms with E-state index in [1.807, 2.05) is 0 Å². The van der Waals surface area contributed by atoms with E-state index in [0.29, 0.717) is 5.69 Å². The van der Waals surface area contributed by atoms with E-state index in [1.54, 1.807) is 18.2 Å². The average Bonchev–Trinajstić information content (AvgIpc) is 2.65. The number of nitrogens with two attached hydrogens (primary N) is 1. The molecular formula is C19H21N3O5S. The van der Waals surface area contributed by atoms with Gasteiger partial charge in [0.2, 0.25) is 11.8 Å². The zero-order chi connectivity index (χ0) is 20.7. The van der Waals surface area contributed by atoms with Crippen LogP contribution in [0.4, 0.5) is 5.69 Å². The van der Waals surface area contributed by atoms with Crippen molar-refractivity contribution in [2.24, 2.45) is 5.73 Å². The van der Waals surface area contributed by atoms with Gasteiger partial charge in [-0.2, -0.15) is 0 Å². The summed E-state index contributed by atoms with van der Waals surface area (Å²) < 4.78 is 24.7. The second-order valence-corrected chi connectivity index (χ2v) is 8.22. The summed E-state index contributed by atoms with van der Waals surface area (Å²) in [5, 5.41) is 5.02. The van der Waals surface area contributed by atoms with E-state index in [1.165, 1.54) is 43.3 Å². The van der Waals surface area contributed by atoms with Gasteiger partial charge in [0.15, 0.2) is 9.84 Å². The van der Waals surface area contributed by atoms with Crippen LogP contribution < -0.4 is 16.4 Å². The molecule has 8 nitrogen and oxygen atoms in total. The number of hydrogen-bond acceptors (Lipinski definition) is 5. The fraction of sp³-hybridized carbons (Fsp3) is 0.211. The Morgan fingerprint density at radius 1 is 1.00 bits per heavy atom. The third-order valence-corrected chi connectivity index (χ3v) is 5.66. The lowest BCUT2D eigenvalue weighted by Gasteiger charge is -2.16. The summed E-state index contributed by atoms with van der Waals surface area (Å²) in [7, 11) is -3.61. The molecular weight excluding hydrogens is 382 g/mol. The molecule has 0 aromatic heterocycles. The van der Waals surface area contributed by atoms with Crippen LogP contribution in [0.3, 0.4) is 0 Å². The maximum atomic E-state index is 12.3. The minimum Gasteiger partial charge on any atom is -0.368 e. The van der Waals surface area contributed by atoms with E-state index < -0.39 is 27.7 Å². The Hall–Kier alpha value is -3.20. The van der Waals surface area contributed by atoms with E-state index in [2.05, 4.69) is 10.6 Å². The molecule has 0 unspecified atom stereocenters. The number of benzene rings is 2. The first-order chi connectivity index (χ1) is 13.2. The third-order valence-electron chi connectivity index (χ3n) is 3.89. The van der Waals surface area contributed by atoms with Crippen molar-refractivity contribution < 1.29 is 22.8 Å². The quantitative estimate of drug-likeness (QED) is 0.606. The second kappa shape index (κ2) is 9.14. The minimum atomic E-state index is -3.61. The predicted molar refractivity (Wildman–Crippen MR) is 104 cm³/mol. The van der Waals surface area contributed by atoms with E-state index in [-0.39, 0.29) is 28.5 Å². The maximum Gasteiger partial charge on any atom is 0.251 e. The van der Waals surface area contributed by atoms with Gasteiger partial charge in [0, 0.05) is 18.2 Å². The normalized spacial score (nSPS) is 12.0. The molecule has 1 atom stereocenters. The van der Waals surface area contributed by atoms with Gasteiger partial charge >= 0.3 is 0 Å². The number of rotatable bonds is 8. The van der Waals surface area contributed by atoms with E-state index in [0.717, 1.165) is 0 Å². The summed E-state index contributed by atoms with van der Waals surface area (Å²) in [6.45, 7) is 1.36. The van der Waals surface area contributed by atoms with Crippen LogP contribution in [0.15, 0.2) is 59.5 Å². The summed E-state index contributed by atoms with van der Waals surface area (Å²) in [4.78, 5) is 35.1. The van der Waals surface area contributed by atoms with Gasteiger partial charge < -0.3 is 16.4 Å². The van der Waals surface area contributed by atoms with Crippen molar-refractivity contribution in [3.63, 3.8) is 0 Å². The molecule has 28 heavy (non-hydrogen) atoms. The first-order valence-corrected chi connectivity index (χ1v) is 10.1. The van der Waals surface area contributed by atoms with Crippen LogP contribution >= 0.6 is 0 Å². The lowest BCUT2D eigenvalue weighted by Crippen LogP contribution is -2.45. The number of amides is 3. The van der Waals surface area contributed by atoms with Gasteiger partial charge in [-0.05, 0) is 42.8 Å². The molecule has 2 aromatic carbocycles. The van der Waals surface area contributed by atoms with E-state index >= 15 is 0 Å². The molecule has 0 spiro atoms. The Morgan fingerprint density at radius 2 is 1.61 bits per heavy atom. The monoisotopic (exact) mass is 403 g/mol. The van der Waals surface area contributed by atoms with Crippen LogP contribution in [0.1, 0.15) is 23.7 Å². The van der Waals surface area contributed by atoms with E-state index in [4.69, 9.17) is 5.73 Å². The molecule has 0 aliphatic rings. The number of primary amides is 1. The molecule has 0 aliphatic carbocycles. The summed E-state index contributed by atoms with van der Waals surface area (Å²) in [5.74, 6) is -1.99. The van der Waals surface area contributed by atoms with Gasteiger partial charge in [0.1, 0.15) is 6.04 Å². The highest BCUT2D eigenvalue weighted by Gasteiger charge is 2.23. The number of carbonyl (C=O) groups is 3. The van der Waals surface area contributed by atoms with Crippen molar-refractivity contribution in [3.05, 3.63) is 60.2 Å². The zero-order valence-corrected chi connectivity index (χ0v) is 16.0. The fourth-order valence-corrected chi connectivity index (χ4v) is 3.81. The van der Waals surface area contributed by atoms with Gasteiger partial charge in [0.25, 0.3) is 5.91 Å². The molecule has 148 valence electrons. The van der Waals surface area contributed by atoms with Crippen LogP contribution in [0.25, 0.3) is 0 Å². The van der Waals surface area contributed by atoms with Gasteiger partial charge in [0.05, 0.1) is 10.6 Å². The first-order valence-electron chi connectivity index (χ1n) is 8.44. The van der Waals surface area contributed by atoms with E-state index in [9.17, 15) is 22.8 Å². The molecule has 2 aromatic rings. The van der Waals surface area contributed by atoms with Crippen LogP contribution in [0, 0.1) is 0 Å². The topological polar surface area (TPSA) is 135 Å².